The lowest BCUT2D eigenvalue weighted by atomic mass is 10.0. The Labute approximate surface area is 142 Å². The fourth-order valence-electron chi connectivity index (χ4n) is 2.64. The second kappa shape index (κ2) is 8.04. The number of likely N-dealkylation sites (N-methyl/N-ethyl adjacent to an activating group) is 1. The number of ether oxygens (including phenoxy) is 1. The summed E-state index contributed by atoms with van der Waals surface area (Å²) in [6.45, 7) is 0.942. The van der Waals surface area contributed by atoms with Gasteiger partial charge in [0, 0.05) is 31.3 Å². The molecule has 0 radical (unpaired) electrons. The number of hydrogen-bond donors (Lipinski definition) is 1. The number of fused-ring (bicyclic) bond motifs is 1. The van der Waals surface area contributed by atoms with E-state index in [0.717, 1.165) is 41.3 Å². The van der Waals surface area contributed by atoms with Crippen LogP contribution in [0.5, 0.6) is 5.75 Å². The van der Waals surface area contributed by atoms with E-state index in [1.165, 1.54) is 5.56 Å². The normalized spacial score (nSPS) is 11.2. The van der Waals surface area contributed by atoms with Crippen LogP contribution in [-0.4, -0.2) is 48.3 Å². The largest absolute Gasteiger partial charge is 0.496 e. The lowest BCUT2D eigenvalue weighted by molar-refractivity contribution is -0.131. The lowest BCUT2D eigenvalue weighted by Crippen LogP contribution is -2.14. The van der Waals surface area contributed by atoms with Crippen molar-refractivity contribution >= 4 is 35.4 Å². The second-order valence-corrected chi connectivity index (χ2v) is 5.57. The number of carboxylic acids is 1. The predicted molar refractivity (Wildman–Crippen MR) is 95.6 cm³/mol. The summed E-state index contributed by atoms with van der Waals surface area (Å²) in [6.07, 6.45) is 5.79. The molecule has 0 amide bonds. The van der Waals surface area contributed by atoms with Gasteiger partial charge in [-0.3, -0.25) is 0 Å². The molecular weight excluding hydrogens is 316 g/mol. The zero-order valence-corrected chi connectivity index (χ0v) is 14.7. The maximum Gasteiger partial charge on any atom is 0.328 e. The van der Waals surface area contributed by atoms with Gasteiger partial charge in [0.05, 0.1) is 12.6 Å². The first-order chi connectivity index (χ1) is 10.4. The molecule has 2 aromatic rings. The summed E-state index contributed by atoms with van der Waals surface area (Å²) in [5, 5.41) is 9.90. The molecule has 23 heavy (non-hydrogen) atoms. The minimum Gasteiger partial charge on any atom is -0.496 e. The molecule has 0 unspecified atom stereocenters. The maximum absolute atomic E-state index is 10.8. The van der Waals surface area contributed by atoms with E-state index in [-0.39, 0.29) is 12.4 Å². The molecule has 5 nitrogen and oxygen atoms in total. The Kier molecular flexibility index (Phi) is 6.66. The summed E-state index contributed by atoms with van der Waals surface area (Å²) in [5.41, 5.74) is 3.07. The monoisotopic (exact) mass is 338 g/mol. The van der Waals surface area contributed by atoms with Crippen LogP contribution < -0.4 is 4.74 Å². The van der Waals surface area contributed by atoms with Gasteiger partial charge in [0.2, 0.25) is 0 Å². The summed E-state index contributed by atoms with van der Waals surface area (Å²) in [5.74, 6) is -0.136. The van der Waals surface area contributed by atoms with Gasteiger partial charge in [-0.1, -0.05) is 0 Å². The molecule has 1 heterocycles. The summed E-state index contributed by atoms with van der Waals surface area (Å²) in [7, 11) is 7.72. The van der Waals surface area contributed by atoms with E-state index in [2.05, 4.69) is 11.1 Å². The fraction of sp³-hybridized carbons (Fsp3) is 0.353. The second-order valence-electron chi connectivity index (χ2n) is 5.57. The van der Waals surface area contributed by atoms with Crippen LogP contribution >= 0.6 is 12.4 Å². The molecular formula is C17H23ClN2O3. The molecule has 0 atom stereocenters. The molecule has 0 spiro atoms. The van der Waals surface area contributed by atoms with Gasteiger partial charge in [-0.2, -0.15) is 0 Å². The van der Waals surface area contributed by atoms with Crippen LogP contribution in [0.3, 0.4) is 0 Å². The van der Waals surface area contributed by atoms with Gasteiger partial charge in [0.25, 0.3) is 0 Å². The third-order valence-electron chi connectivity index (χ3n) is 3.65. The third kappa shape index (κ3) is 4.27. The zero-order valence-electron chi connectivity index (χ0n) is 13.9. The van der Waals surface area contributed by atoms with Crippen molar-refractivity contribution in [1.82, 2.24) is 9.47 Å². The first-order valence-corrected chi connectivity index (χ1v) is 7.14. The Morgan fingerprint density at radius 2 is 2.09 bits per heavy atom. The number of halogens is 1. The first kappa shape index (κ1) is 19.1. The Hall–Kier alpha value is -1.98. The Bertz CT molecular complexity index is 720. The van der Waals surface area contributed by atoms with Gasteiger partial charge in [-0.25, -0.2) is 4.79 Å². The van der Waals surface area contributed by atoms with Crippen molar-refractivity contribution in [2.24, 2.45) is 7.05 Å². The van der Waals surface area contributed by atoms with Crippen LogP contribution in [0.2, 0.25) is 0 Å². The average molecular weight is 339 g/mol. The van der Waals surface area contributed by atoms with Gasteiger partial charge < -0.3 is 19.3 Å². The predicted octanol–water partition coefficient (Wildman–Crippen LogP) is 2.81. The molecule has 0 saturated carbocycles. The number of hydrogen-bond acceptors (Lipinski definition) is 3. The van der Waals surface area contributed by atoms with Gasteiger partial charge in [-0.15, -0.1) is 12.4 Å². The van der Waals surface area contributed by atoms with Crippen molar-refractivity contribution in [2.75, 3.05) is 27.7 Å². The van der Waals surface area contributed by atoms with Crippen LogP contribution in [0.15, 0.2) is 24.4 Å². The van der Waals surface area contributed by atoms with E-state index in [4.69, 9.17) is 9.84 Å². The van der Waals surface area contributed by atoms with E-state index in [9.17, 15) is 4.79 Å². The number of carbonyl (C=O) groups is 1. The summed E-state index contributed by atoms with van der Waals surface area (Å²) in [6, 6.07) is 3.78. The minimum absolute atomic E-state index is 0. The van der Waals surface area contributed by atoms with Gasteiger partial charge in [-0.05, 0) is 49.9 Å². The van der Waals surface area contributed by atoms with Gasteiger partial charge in [0.15, 0.2) is 0 Å². The fourth-order valence-corrected chi connectivity index (χ4v) is 2.64. The Morgan fingerprint density at radius 1 is 1.39 bits per heavy atom. The number of carboxylic acid groups (broad SMARTS) is 1. The highest BCUT2D eigenvalue weighted by molar-refractivity contribution is 5.97. The topological polar surface area (TPSA) is 54.7 Å². The smallest absolute Gasteiger partial charge is 0.328 e. The molecule has 126 valence electrons. The SMILES string of the molecule is COc1ccc(/C=C/C(=O)O)c2c1c(CCN(C)C)cn2C.Cl. The van der Waals surface area contributed by atoms with Crippen LogP contribution in [0.25, 0.3) is 17.0 Å². The van der Waals surface area contributed by atoms with Crippen molar-refractivity contribution in [3.8, 4) is 5.75 Å². The van der Waals surface area contributed by atoms with E-state index >= 15 is 0 Å². The van der Waals surface area contributed by atoms with Crippen molar-refractivity contribution in [3.63, 3.8) is 0 Å². The van der Waals surface area contributed by atoms with E-state index in [1.54, 1.807) is 13.2 Å². The molecule has 0 bridgehead atoms. The number of rotatable bonds is 6. The van der Waals surface area contributed by atoms with E-state index in [1.807, 2.05) is 37.8 Å². The molecule has 0 aliphatic rings. The standard InChI is InChI=1S/C17H22N2O3.ClH/c1-18(2)10-9-13-11-19(3)17-12(6-8-15(20)21)5-7-14(22-4)16(13)17;/h5-8,11H,9-10H2,1-4H3,(H,20,21);1H/b8-6+;. The van der Waals surface area contributed by atoms with E-state index in [0.29, 0.717) is 0 Å². The molecule has 0 aliphatic heterocycles. The highest BCUT2D eigenvalue weighted by Gasteiger charge is 2.14. The average Bonchev–Trinajstić information content (AvgIpc) is 2.80. The Morgan fingerprint density at radius 3 is 2.65 bits per heavy atom. The number of methoxy groups -OCH3 is 1. The summed E-state index contributed by atoms with van der Waals surface area (Å²) >= 11 is 0. The molecule has 1 aromatic heterocycles. The van der Waals surface area contributed by atoms with Gasteiger partial charge >= 0.3 is 5.97 Å². The number of benzene rings is 1. The van der Waals surface area contributed by atoms with Crippen LogP contribution in [-0.2, 0) is 18.3 Å². The molecule has 6 heteroatoms. The minimum atomic E-state index is -0.953. The summed E-state index contributed by atoms with van der Waals surface area (Å²) < 4.78 is 7.53. The molecule has 2 rings (SSSR count). The molecule has 0 aliphatic carbocycles. The van der Waals surface area contributed by atoms with Crippen LogP contribution in [0.4, 0.5) is 0 Å². The van der Waals surface area contributed by atoms with Crippen molar-refractivity contribution < 1.29 is 14.6 Å². The highest BCUT2D eigenvalue weighted by atomic mass is 35.5. The molecule has 0 saturated heterocycles. The zero-order chi connectivity index (χ0) is 16.3. The number of aryl methyl sites for hydroxylation is 1. The van der Waals surface area contributed by atoms with Crippen molar-refractivity contribution in [1.29, 1.82) is 0 Å². The molecule has 1 N–H and O–H groups in total. The van der Waals surface area contributed by atoms with Crippen molar-refractivity contribution in [2.45, 2.75) is 6.42 Å². The van der Waals surface area contributed by atoms with E-state index < -0.39 is 5.97 Å². The number of aromatic nitrogens is 1. The highest BCUT2D eigenvalue weighted by Crippen LogP contribution is 2.33. The third-order valence-corrected chi connectivity index (χ3v) is 3.65. The summed E-state index contributed by atoms with van der Waals surface area (Å²) in [4.78, 5) is 12.9. The molecule has 0 fully saturated rings. The van der Waals surface area contributed by atoms with Crippen molar-refractivity contribution in [3.05, 3.63) is 35.5 Å². The lowest BCUT2D eigenvalue weighted by Gasteiger charge is -2.10. The first-order valence-electron chi connectivity index (χ1n) is 7.14. The number of nitrogens with zero attached hydrogens (tertiary/aromatic N) is 2. The van der Waals surface area contributed by atoms with Crippen LogP contribution in [0.1, 0.15) is 11.1 Å². The Balaban J connectivity index is 0.00000264. The molecule has 1 aromatic carbocycles. The quantitative estimate of drug-likeness (QED) is 0.823. The van der Waals surface area contributed by atoms with Gasteiger partial charge in [0.1, 0.15) is 5.75 Å². The van der Waals surface area contributed by atoms with Crippen LogP contribution in [0, 0.1) is 0 Å². The maximum atomic E-state index is 10.8. The number of aliphatic carboxylic acids is 1.